The molecule has 8 heteroatoms. The predicted molar refractivity (Wildman–Crippen MR) is 142 cm³/mol. The normalized spacial score (nSPS) is 14.9. The Morgan fingerprint density at radius 2 is 1.94 bits per heavy atom. The number of thioether (sulfide) groups is 1. The van der Waals surface area contributed by atoms with Crippen molar-refractivity contribution in [2.75, 3.05) is 23.0 Å². The van der Waals surface area contributed by atoms with Gasteiger partial charge >= 0.3 is 0 Å². The molecule has 1 aromatic heterocycles. The van der Waals surface area contributed by atoms with Gasteiger partial charge in [0, 0.05) is 16.9 Å². The fourth-order valence-electron chi connectivity index (χ4n) is 4.14. The van der Waals surface area contributed by atoms with Crippen LogP contribution in [0.2, 0.25) is 0 Å². The van der Waals surface area contributed by atoms with Crippen molar-refractivity contribution in [1.82, 2.24) is 14.8 Å². The lowest BCUT2D eigenvalue weighted by molar-refractivity contribution is -0.113. The van der Waals surface area contributed by atoms with Crippen LogP contribution in [0.1, 0.15) is 56.3 Å². The number of ether oxygens (including phenoxy) is 1. The molecule has 1 aliphatic rings. The van der Waals surface area contributed by atoms with Crippen molar-refractivity contribution in [3.8, 4) is 5.75 Å². The molecular formula is C27H33N5O2S. The molecule has 0 spiro atoms. The Bertz CT molecular complexity index is 1250. The molecular weight excluding hydrogens is 458 g/mol. The van der Waals surface area contributed by atoms with Gasteiger partial charge in [-0.2, -0.15) is 4.98 Å². The average Bonchev–Trinajstić information content (AvgIpc) is 3.24. The number of allylic oxidation sites excluding steroid dienone is 1. The quantitative estimate of drug-likeness (QED) is 0.277. The van der Waals surface area contributed by atoms with Crippen molar-refractivity contribution in [1.29, 1.82) is 0 Å². The molecule has 35 heavy (non-hydrogen) atoms. The summed E-state index contributed by atoms with van der Waals surface area (Å²) >= 11 is 1.57. The number of aromatic nitrogens is 3. The van der Waals surface area contributed by atoms with Crippen molar-refractivity contribution in [2.45, 2.75) is 58.7 Å². The van der Waals surface area contributed by atoms with Crippen molar-refractivity contribution in [3.63, 3.8) is 0 Å². The summed E-state index contributed by atoms with van der Waals surface area (Å²) in [5.41, 5.74) is 5.19. The maximum Gasteiger partial charge on any atom is 0.255 e. The number of nitrogens with zero attached hydrogens (tertiary/aromatic N) is 3. The number of aryl methyl sites for hydroxylation is 1. The Balaban J connectivity index is 1.80. The second kappa shape index (κ2) is 11.0. The predicted octanol–water partition coefficient (Wildman–Crippen LogP) is 6.11. The van der Waals surface area contributed by atoms with E-state index in [4.69, 9.17) is 9.84 Å². The Labute approximate surface area is 211 Å². The second-order valence-corrected chi connectivity index (χ2v) is 9.83. The topological polar surface area (TPSA) is 81.1 Å². The van der Waals surface area contributed by atoms with Gasteiger partial charge in [0.2, 0.25) is 11.1 Å². The number of unbranched alkanes of at least 4 members (excludes halogenated alkanes) is 1. The van der Waals surface area contributed by atoms with E-state index in [-0.39, 0.29) is 5.91 Å². The molecule has 2 heterocycles. The minimum atomic E-state index is -0.479. The molecule has 184 valence electrons. The zero-order valence-corrected chi connectivity index (χ0v) is 21.8. The number of amides is 1. The smallest absolute Gasteiger partial charge is 0.255 e. The third-order valence-electron chi connectivity index (χ3n) is 6.17. The number of rotatable bonds is 9. The highest BCUT2D eigenvalue weighted by Gasteiger charge is 2.36. The van der Waals surface area contributed by atoms with Gasteiger partial charge in [-0.15, -0.1) is 5.10 Å². The molecule has 0 saturated heterocycles. The highest BCUT2D eigenvalue weighted by atomic mass is 32.2. The van der Waals surface area contributed by atoms with Crippen LogP contribution in [0.5, 0.6) is 5.75 Å². The number of hydrogen-bond donors (Lipinski definition) is 2. The van der Waals surface area contributed by atoms with Gasteiger partial charge in [0.1, 0.15) is 11.8 Å². The fourth-order valence-corrected chi connectivity index (χ4v) is 4.70. The van der Waals surface area contributed by atoms with E-state index in [0.29, 0.717) is 23.3 Å². The zero-order chi connectivity index (χ0) is 24.9. The van der Waals surface area contributed by atoms with Crippen molar-refractivity contribution < 1.29 is 9.53 Å². The van der Waals surface area contributed by atoms with E-state index < -0.39 is 6.04 Å². The minimum absolute atomic E-state index is 0.178. The Morgan fingerprint density at radius 3 is 2.71 bits per heavy atom. The first-order chi connectivity index (χ1) is 16.9. The average molecular weight is 492 g/mol. The second-order valence-electron chi connectivity index (χ2n) is 8.60. The van der Waals surface area contributed by atoms with Gasteiger partial charge < -0.3 is 15.4 Å². The maximum atomic E-state index is 13.8. The van der Waals surface area contributed by atoms with Gasteiger partial charge in [-0.25, -0.2) is 4.68 Å². The highest BCUT2D eigenvalue weighted by molar-refractivity contribution is 7.99. The molecule has 4 rings (SSSR count). The Kier molecular flexibility index (Phi) is 7.80. The van der Waals surface area contributed by atoms with E-state index in [1.807, 2.05) is 67.9 Å². The summed E-state index contributed by atoms with van der Waals surface area (Å²) < 4.78 is 7.99. The van der Waals surface area contributed by atoms with Crippen LogP contribution in [0, 0.1) is 13.8 Å². The van der Waals surface area contributed by atoms with Gasteiger partial charge in [0.05, 0.1) is 12.2 Å². The standard InChI is InChI=1S/C27H33N5O2S/c1-6-8-16-34-22-15-10-9-13-20(22)24-23(25(33)29-21-14-11-12-17(3)18(21)4)19(5)28-26-30-27(35-7-2)31-32(24)26/h9-15,24H,6-8,16H2,1-5H3,(H,29,33)(H,28,30,31). The molecule has 1 amide bonds. The monoisotopic (exact) mass is 491 g/mol. The number of carbonyl (C=O) groups excluding carboxylic acids is 1. The molecule has 0 fully saturated rings. The van der Waals surface area contributed by atoms with Gasteiger partial charge in [-0.05, 0) is 56.2 Å². The summed E-state index contributed by atoms with van der Waals surface area (Å²) in [6, 6.07) is 13.3. The number of nitrogens with one attached hydrogen (secondary N) is 2. The SMILES string of the molecule is CCCCOc1ccccc1C1C(C(=O)Nc2cccc(C)c2C)=C(C)Nc2nc(SCC)nn21. The number of carbonyl (C=O) groups is 1. The van der Waals surface area contributed by atoms with Crippen LogP contribution >= 0.6 is 11.8 Å². The molecule has 1 aliphatic heterocycles. The summed E-state index contributed by atoms with van der Waals surface area (Å²) in [6.07, 6.45) is 2.00. The van der Waals surface area contributed by atoms with E-state index in [2.05, 4.69) is 29.5 Å². The summed E-state index contributed by atoms with van der Waals surface area (Å²) in [5.74, 6) is 2.05. The first kappa shape index (κ1) is 24.9. The molecule has 0 saturated carbocycles. The summed E-state index contributed by atoms with van der Waals surface area (Å²) in [4.78, 5) is 18.5. The zero-order valence-electron chi connectivity index (χ0n) is 21.0. The first-order valence-electron chi connectivity index (χ1n) is 12.1. The lowest BCUT2D eigenvalue weighted by Gasteiger charge is -2.30. The number of benzene rings is 2. The van der Waals surface area contributed by atoms with E-state index in [9.17, 15) is 4.79 Å². The maximum absolute atomic E-state index is 13.8. The van der Waals surface area contributed by atoms with Gasteiger partial charge in [-0.1, -0.05) is 62.4 Å². The van der Waals surface area contributed by atoms with E-state index in [0.717, 1.165) is 52.4 Å². The summed E-state index contributed by atoms with van der Waals surface area (Å²) in [6.45, 7) is 10.8. The molecule has 7 nitrogen and oxygen atoms in total. The van der Waals surface area contributed by atoms with Crippen LogP contribution in [-0.4, -0.2) is 33.0 Å². The number of hydrogen-bond acceptors (Lipinski definition) is 6. The summed E-state index contributed by atoms with van der Waals surface area (Å²) in [7, 11) is 0. The van der Waals surface area contributed by atoms with Crippen molar-refractivity contribution in [3.05, 3.63) is 70.4 Å². The van der Waals surface area contributed by atoms with E-state index >= 15 is 0 Å². The number of anilines is 2. The van der Waals surface area contributed by atoms with E-state index in [1.54, 1.807) is 11.8 Å². The first-order valence-corrected chi connectivity index (χ1v) is 13.1. The third-order valence-corrected chi connectivity index (χ3v) is 6.89. The van der Waals surface area contributed by atoms with Crippen LogP contribution in [-0.2, 0) is 4.79 Å². The third kappa shape index (κ3) is 5.22. The minimum Gasteiger partial charge on any atom is -0.493 e. The number of fused-ring (bicyclic) bond motifs is 1. The molecule has 1 atom stereocenters. The molecule has 2 N–H and O–H groups in total. The molecule has 0 radical (unpaired) electrons. The lowest BCUT2D eigenvalue weighted by atomic mass is 9.94. The molecule has 1 unspecified atom stereocenters. The van der Waals surface area contributed by atoms with E-state index in [1.165, 1.54) is 0 Å². The summed E-state index contributed by atoms with van der Waals surface area (Å²) in [5, 5.41) is 11.9. The Hall–Kier alpha value is -3.26. The fraction of sp³-hybridized carbons (Fsp3) is 0.370. The van der Waals surface area contributed by atoms with Crippen LogP contribution in [0.4, 0.5) is 11.6 Å². The van der Waals surface area contributed by atoms with Crippen LogP contribution < -0.4 is 15.4 Å². The number of para-hydroxylation sites is 1. The molecule has 0 aliphatic carbocycles. The molecule has 2 aromatic carbocycles. The van der Waals surface area contributed by atoms with Crippen LogP contribution in [0.3, 0.4) is 0 Å². The van der Waals surface area contributed by atoms with Crippen molar-refractivity contribution in [2.24, 2.45) is 0 Å². The Morgan fingerprint density at radius 1 is 1.14 bits per heavy atom. The van der Waals surface area contributed by atoms with Crippen LogP contribution in [0.25, 0.3) is 0 Å². The highest BCUT2D eigenvalue weighted by Crippen LogP contribution is 2.40. The van der Waals surface area contributed by atoms with Gasteiger partial charge in [0.25, 0.3) is 5.91 Å². The largest absolute Gasteiger partial charge is 0.493 e. The molecule has 3 aromatic rings. The van der Waals surface area contributed by atoms with Crippen LogP contribution in [0.15, 0.2) is 58.9 Å². The van der Waals surface area contributed by atoms with Gasteiger partial charge in [-0.3, -0.25) is 4.79 Å². The molecule has 0 bridgehead atoms. The van der Waals surface area contributed by atoms with Gasteiger partial charge in [0.15, 0.2) is 0 Å². The lowest BCUT2D eigenvalue weighted by Crippen LogP contribution is -2.32. The van der Waals surface area contributed by atoms with Crippen molar-refractivity contribution >= 4 is 29.3 Å².